The first-order valence-corrected chi connectivity index (χ1v) is 6.39. The minimum Gasteiger partial charge on any atom is -0.493 e. The van der Waals surface area contributed by atoms with Gasteiger partial charge in [-0.1, -0.05) is 12.8 Å². The smallest absolute Gasteiger partial charge is 0.314 e. The Morgan fingerprint density at radius 1 is 1.32 bits per heavy atom. The number of methoxy groups -OCH3 is 1. The third kappa shape index (κ3) is 1.72. The first kappa shape index (κ1) is 12.1. The van der Waals surface area contributed by atoms with Crippen LogP contribution in [-0.4, -0.2) is 25.0 Å². The Morgan fingerprint density at radius 2 is 2.05 bits per heavy atom. The van der Waals surface area contributed by atoms with E-state index in [4.69, 9.17) is 14.2 Å². The first-order valence-electron chi connectivity index (χ1n) is 6.39. The van der Waals surface area contributed by atoms with E-state index in [1.54, 1.807) is 19.2 Å². The van der Waals surface area contributed by atoms with Crippen LogP contribution in [0.3, 0.4) is 0 Å². The fraction of sp³-hybridized carbons (Fsp3) is 0.500. The van der Waals surface area contributed by atoms with Crippen LogP contribution in [0.15, 0.2) is 12.1 Å². The van der Waals surface area contributed by atoms with Crippen LogP contribution in [0.4, 0.5) is 0 Å². The van der Waals surface area contributed by atoms with E-state index in [0.717, 1.165) is 18.4 Å². The van der Waals surface area contributed by atoms with Gasteiger partial charge < -0.3 is 19.3 Å². The molecular weight excluding hydrogens is 248 g/mol. The van der Waals surface area contributed by atoms with Gasteiger partial charge >= 0.3 is 5.97 Å². The Labute approximate surface area is 111 Å². The molecule has 1 aliphatic carbocycles. The Bertz CT molecular complexity index is 517. The fourth-order valence-corrected chi connectivity index (χ4v) is 3.01. The minimum atomic E-state index is -0.811. The van der Waals surface area contributed by atoms with E-state index in [9.17, 15) is 9.90 Å². The second-order valence-electron chi connectivity index (χ2n) is 5.01. The maximum absolute atomic E-state index is 11.7. The molecule has 1 N–H and O–H groups in total. The van der Waals surface area contributed by atoms with Crippen molar-refractivity contribution in [3.8, 4) is 17.2 Å². The van der Waals surface area contributed by atoms with Gasteiger partial charge in [-0.2, -0.15) is 0 Å². The second-order valence-corrected chi connectivity index (χ2v) is 5.01. The van der Waals surface area contributed by atoms with Crippen molar-refractivity contribution >= 4 is 5.97 Å². The summed E-state index contributed by atoms with van der Waals surface area (Å²) < 4.78 is 16.0. The lowest BCUT2D eigenvalue weighted by Crippen LogP contribution is -2.32. The van der Waals surface area contributed by atoms with Gasteiger partial charge in [0.25, 0.3) is 0 Å². The number of fused-ring (bicyclic) bond motifs is 1. The topological polar surface area (TPSA) is 65.0 Å². The third-order valence-electron chi connectivity index (χ3n) is 4.08. The highest BCUT2D eigenvalue weighted by Gasteiger charge is 2.44. The number of hydrogen-bond donors (Lipinski definition) is 1. The maximum Gasteiger partial charge on any atom is 0.314 e. The summed E-state index contributed by atoms with van der Waals surface area (Å²) in [6.07, 6.45) is 3.18. The van der Waals surface area contributed by atoms with Crippen molar-refractivity contribution in [3.63, 3.8) is 0 Å². The van der Waals surface area contributed by atoms with Crippen LogP contribution >= 0.6 is 0 Å². The van der Waals surface area contributed by atoms with Crippen molar-refractivity contribution in [3.05, 3.63) is 17.7 Å². The zero-order chi connectivity index (χ0) is 13.5. The summed E-state index contributed by atoms with van der Waals surface area (Å²) in [6.45, 7) is 0.148. The molecule has 0 bridgehead atoms. The molecule has 2 aliphatic rings. The molecule has 19 heavy (non-hydrogen) atoms. The Balaban J connectivity index is 2.12. The second kappa shape index (κ2) is 4.33. The number of hydrogen-bond acceptors (Lipinski definition) is 4. The van der Waals surface area contributed by atoms with E-state index in [1.165, 1.54) is 0 Å². The standard InChI is InChI=1S/C14H16O5/c1-17-10-6-9(7-11-12(10)19-8-18-11)14(13(15)16)4-2-3-5-14/h6-7H,2-5,8H2,1H3,(H,15,16). The highest BCUT2D eigenvalue weighted by molar-refractivity contribution is 5.82. The molecule has 1 aromatic carbocycles. The number of rotatable bonds is 3. The van der Waals surface area contributed by atoms with Gasteiger partial charge in [0.2, 0.25) is 12.5 Å². The lowest BCUT2D eigenvalue weighted by atomic mass is 9.78. The summed E-state index contributed by atoms with van der Waals surface area (Å²) >= 11 is 0. The Hall–Kier alpha value is -1.91. The summed E-state index contributed by atoms with van der Waals surface area (Å²) in [5.74, 6) is 0.898. The Kier molecular flexibility index (Phi) is 2.77. The molecule has 1 fully saturated rings. The van der Waals surface area contributed by atoms with Gasteiger partial charge in [0.15, 0.2) is 11.5 Å². The van der Waals surface area contributed by atoms with E-state index in [-0.39, 0.29) is 6.79 Å². The molecule has 1 heterocycles. The van der Waals surface area contributed by atoms with Crippen molar-refractivity contribution in [1.29, 1.82) is 0 Å². The average molecular weight is 264 g/mol. The van der Waals surface area contributed by atoms with Crippen molar-refractivity contribution in [2.75, 3.05) is 13.9 Å². The van der Waals surface area contributed by atoms with Gasteiger partial charge in [0.05, 0.1) is 12.5 Å². The van der Waals surface area contributed by atoms with Crippen LogP contribution in [0.2, 0.25) is 0 Å². The van der Waals surface area contributed by atoms with Crippen molar-refractivity contribution in [1.82, 2.24) is 0 Å². The molecule has 1 saturated carbocycles. The number of carboxylic acids is 1. The normalized spacial score (nSPS) is 19.4. The fourth-order valence-electron chi connectivity index (χ4n) is 3.01. The molecule has 0 amide bonds. The number of ether oxygens (including phenoxy) is 3. The molecule has 0 aromatic heterocycles. The van der Waals surface area contributed by atoms with Crippen molar-refractivity contribution < 1.29 is 24.1 Å². The van der Waals surface area contributed by atoms with Gasteiger partial charge in [-0.25, -0.2) is 0 Å². The summed E-state index contributed by atoms with van der Waals surface area (Å²) in [4.78, 5) is 11.7. The quantitative estimate of drug-likeness (QED) is 0.907. The summed E-state index contributed by atoms with van der Waals surface area (Å²) in [5, 5.41) is 9.62. The molecule has 102 valence electrons. The van der Waals surface area contributed by atoms with Gasteiger partial charge in [-0.3, -0.25) is 4.79 Å². The van der Waals surface area contributed by atoms with Gasteiger partial charge in [-0.05, 0) is 30.5 Å². The largest absolute Gasteiger partial charge is 0.493 e. The van der Waals surface area contributed by atoms with Crippen molar-refractivity contribution in [2.24, 2.45) is 0 Å². The first-order chi connectivity index (χ1) is 9.17. The molecule has 0 saturated heterocycles. The maximum atomic E-state index is 11.7. The molecule has 0 atom stereocenters. The molecule has 1 aliphatic heterocycles. The third-order valence-corrected chi connectivity index (χ3v) is 4.08. The predicted octanol–water partition coefficient (Wildman–Crippen LogP) is 2.32. The van der Waals surface area contributed by atoms with Crippen LogP contribution in [0.1, 0.15) is 31.2 Å². The number of aliphatic carboxylic acids is 1. The van der Waals surface area contributed by atoms with E-state index in [0.29, 0.717) is 30.1 Å². The van der Waals surface area contributed by atoms with Crippen LogP contribution in [0.5, 0.6) is 17.2 Å². The molecule has 0 unspecified atom stereocenters. The molecule has 0 radical (unpaired) electrons. The molecule has 5 nitrogen and oxygen atoms in total. The van der Waals surface area contributed by atoms with E-state index in [1.807, 2.05) is 0 Å². The summed E-state index contributed by atoms with van der Waals surface area (Å²) in [5.41, 5.74) is -0.0625. The molecule has 1 aromatic rings. The van der Waals surface area contributed by atoms with E-state index >= 15 is 0 Å². The highest BCUT2D eigenvalue weighted by atomic mass is 16.7. The van der Waals surface area contributed by atoms with Crippen LogP contribution in [0, 0.1) is 0 Å². The number of carboxylic acid groups (broad SMARTS) is 1. The lowest BCUT2D eigenvalue weighted by Gasteiger charge is -2.25. The zero-order valence-corrected chi connectivity index (χ0v) is 10.8. The summed E-state index contributed by atoms with van der Waals surface area (Å²) in [7, 11) is 1.54. The molecule has 0 spiro atoms. The van der Waals surface area contributed by atoms with Crippen molar-refractivity contribution in [2.45, 2.75) is 31.1 Å². The highest BCUT2D eigenvalue weighted by Crippen LogP contribution is 2.48. The number of carbonyl (C=O) groups is 1. The minimum absolute atomic E-state index is 0.148. The zero-order valence-electron chi connectivity index (χ0n) is 10.8. The summed E-state index contributed by atoms with van der Waals surface area (Å²) in [6, 6.07) is 3.55. The molecule has 3 rings (SSSR count). The monoisotopic (exact) mass is 264 g/mol. The van der Waals surface area contributed by atoms with Crippen LogP contribution in [-0.2, 0) is 10.2 Å². The van der Waals surface area contributed by atoms with Gasteiger partial charge in [-0.15, -0.1) is 0 Å². The van der Waals surface area contributed by atoms with Gasteiger partial charge in [0.1, 0.15) is 0 Å². The Morgan fingerprint density at radius 3 is 2.68 bits per heavy atom. The molecular formula is C14H16O5. The van der Waals surface area contributed by atoms with E-state index in [2.05, 4.69) is 0 Å². The lowest BCUT2D eigenvalue weighted by molar-refractivity contribution is -0.143. The molecule has 5 heteroatoms. The van der Waals surface area contributed by atoms with Crippen LogP contribution < -0.4 is 14.2 Å². The average Bonchev–Trinajstić information content (AvgIpc) is 3.06. The van der Waals surface area contributed by atoms with E-state index < -0.39 is 11.4 Å². The number of benzene rings is 1. The van der Waals surface area contributed by atoms with Crippen LogP contribution in [0.25, 0.3) is 0 Å². The predicted molar refractivity (Wildman–Crippen MR) is 66.9 cm³/mol. The SMILES string of the molecule is COc1cc(C2(C(=O)O)CCCC2)cc2c1OCO2. The van der Waals surface area contributed by atoms with Gasteiger partial charge in [0, 0.05) is 0 Å².